The summed E-state index contributed by atoms with van der Waals surface area (Å²) in [6.45, 7) is 6.53. The number of hydrogen-bond donors (Lipinski definition) is 2. The van der Waals surface area contributed by atoms with Gasteiger partial charge in [0.1, 0.15) is 12.1 Å². The van der Waals surface area contributed by atoms with Crippen LogP contribution in [-0.2, 0) is 9.59 Å². The predicted molar refractivity (Wildman–Crippen MR) is 86.5 cm³/mol. The van der Waals surface area contributed by atoms with E-state index >= 15 is 0 Å². The summed E-state index contributed by atoms with van der Waals surface area (Å²) in [6.07, 6.45) is 0.415. The zero-order valence-electron chi connectivity index (χ0n) is 13.7. The molecule has 0 saturated carbocycles. The molecule has 122 valence electrons. The summed E-state index contributed by atoms with van der Waals surface area (Å²) in [5.74, 6) is -1.07. The average Bonchev–Trinajstić information content (AvgIpc) is 2.47. The molecule has 0 aliphatic rings. The van der Waals surface area contributed by atoms with E-state index in [0.29, 0.717) is 13.0 Å². The van der Waals surface area contributed by atoms with Gasteiger partial charge in [-0.15, -0.1) is 0 Å². The van der Waals surface area contributed by atoms with Crippen LogP contribution in [0.5, 0.6) is 0 Å². The van der Waals surface area contributed by atoms with E-state index in [1.165, 1.54) is 0 Å². The van der Waals surface area contributed by atoms with Crippen molar-refractivity contribution in [1.82, 2.24) is 10.2 Å². The normalized spacial score (nSPS) is 13.9. The second-order valence-corrected chi connectivity index (χ2v) is 5.92. The minimum Gasteiger partial charge on any atom is -0.480 e. The molecular formula is C17H26N2O3. The van der Waals surface area contributed by atoms with E-state index in [4.69, 9.17) is 0 Å². The molecule has 0 aliphatic carbocycles. The van der Waals surface area contributed by atoms with E-state index in [1.807, 2.05) is 63.1 Å². The van der Waals surface area contributed by atoms with E-state index in [-0.39, 0.29) is 11.8 Å². The van der Waals surface area contributed by atoms with Crippen LogP contribution in [0.25, 0.3) is 0 Å². The first-order valence-corrected chi connectivity index (χ1v) is 7.65. The quantitative estimate of drug-likeness (QED) is 0.773. The first-order valence-electron chi connectivity index (χ1n) is 7.65. The zero-order valence-corrected chi connectivity index (χ0v) is 13.7. The highest BCUT2D eigenvalue weighted by molar-refractivity contribution is 5.87. The number of nitrogens with zero attached hydrogens (tertiary/aromatic N) is 1. The van der Waals surface area contributed by atoms with E-state index in [9.17, 15) is 14.7 Å². The van der Waals surface area contributed by atoms with Gasteiger partial charge in [-0.2, -0.15) is 0 Å². The van der Waals surface area contributed by atoms with Crippen LogP contribution >= 0.6 is 0 Å². The number of amides is 1. The maximum atomic E-state index is 12.6. The number of nitrogens with one attached hydrogen (secondary N) is 1. The van der Waals surface area contributed by atoms with Gasteiger partial charge in [-0.3, -0.25) is 9.69 Å². The lowest BCUT2D eigenvalue weighted by atomic mass is 10.0. The second-order valence-electron chi connectivity index (χ2n) is 5.92. The van der Waals surface area contributed by atoms with Crippen molar-refractivity contribution in [2.75, 3.05) is 13.6 Å². The first-order chi connectivity index (χ1) is 10.4. The minimum atomic E-state index is -0.993. The summed E-state index contributed by atoms with van der Waals surface area (Å²) in [7, 11) is 1.86. The fourth-order valence-corrected chi connectivity index (χ4v) is 2.37. The summed E-state index contributed by atoms with van der Waals surface area (Å²) in [4.78, 5) is 25.9. The van der Waals surface area contributed by atoms with Gasteiger partial charge in [0.05, 0.1) is 0 Å². The van der Waals surface area contributed by atoms with E-state index < -0.39 is 18.1 Å². The van der Waals surface area contributed by atoms with Gasteiger partial charge in [-0.05, 0) is 31.5 Å². The minimum absolute atomic E-state index is 0.195. The molecule has 2 atom stereocenters. The molecular weight excluding hydrogens is 280 g/mol. The van der Waals surface area contributed by atoms with Crippen LogP contribution in [-0.4, -0.2) is 41.5 Å². The fraction of sp³-hybridized carbons (Fsp3) is 0.529. The lowest BCUT2D eigenvalue weighted by Gasteiger charge is -2.28. The maximum absolute atomic E-state index is 12.6. The molecule has 1 amide bonds. The Balaban J connectivity index is 2.95. The molecule has 5 heteroatoms. The fourth-order valence-electron chi connectivity index (χ4n) is 2.37. The standard InChI is InChI=1S/C17H26N2O3/c1-5-19(4)15(13-9-7-6-8-10-13)16(20)18-14(17(21)22)11-12(2)3/h6-10,12,14-15H,5,11H2,1-4H3,(H,18,20)(H,21,22)/t14-,15?/m1/s1. The lowest BCUT2D eigenvalue weighted by Crippen LogP contribution is -2.47. The van der Waals surface area contributed by atoms with Crippen LogP contribution in [0, 0.1) is 5.92 Å². The second kappa shape index (κ2) is 8.54. The van der Waals surface area contributed by atoms with Crippen molar-refractivity contribution in [2.24, 2.45) is 5.92 Å². The number of carboxylic acids is 1. The monoisotopic (exact) mass is 306 g/mol. The van der Waals surface area contributed by atoms with Gasteiger partial charge < -0.3 is 10.4 Å². The van der Waals surface area contributed by atoms with E-state index in [0.717, 1.165) is 5.56 Å². The molecule has 1 rings (SSSR count). The number of rotatable bonds is 8. The largest absolute Gasteiger partial charge is 0.480 e. The molecule has 0 bridgehead atoms. The molecule has 0 heterocycles. The smallest absolute Gasteiger partial charge is 0.326 e. The lowest BCUT2D eigenvalue weighted by molar-refractivity contribution is -0.143. The highest BCUT2D eigenvalue weighted by Gasteiger charge is 2.28. The van der Waals surface area contributed by atoms with Gasteiger partial charge in [-0.1, -0.05) is 51.1 Å². The predicted octanol–water partition coefficient (Wildman–Crippen LogP) is 2.29. The Bertz CT molecular complexity index is 488. The van der Waals surface area contributed by atoms with Crippen LogP contribution in [0.2, 0.25) is 0 Å². The average molecular weight is 306 g/mol. The molecule has 1 unspecified atom stereocenters. The maximum Gasteiger partial charge on any atom is 0.326 e. The van der Waals surface area contributed by atoms with Gasteiger partial charge in [0.2, 0.25) is 5.91 Å². The Labute approximate surface area is 132 Å². The number of aliphatic carboxylic acids is 1. The van der Waals surface area contributed by atoms with Gasteiger partial charge in [0.15, 0.2) is 0 Å². The number of carboxylic acid groups (broad SMARTS) is 1. The highest BCUT2D eigenvalue weighted by Crippen LogP contribution is 2.20. The van der Waals surface area contributed by atoms with Crippen LogP contribution in [0.3, 0.4) is 0 Å². The Morgan fingerprint density at radius 3 is 2.27 bits per heavy atom. The number of carbonyl (C=O) groups is 2. The number of likely N-dealkylation sites (N-methyl/N-ethyl adjacent to an activating group) is 1. The first kappa shape index (κ1) is 18.2. The van der Waals surface area contributed by atoms with Crippen LogP contribution in [0.1, 0.15) is 38.8 Å². The Hall–Kier alpha value is -1.88. The molecule has 0 aromatic heterocycles. The summed E-state index contributed by atoms with van der Waals surface area (Å²) in [5, 5.41) is 12.0. The van der Waals surface area contributed by atoms with Crippen molar-refractivity contribution in [1.29, 1.82) is 0 Å². The summed E-state index contributed by atoms with van der Waals surface area (Å²) in [6, 6.07) is 8.07. The van der Waals surface area contributed by atoms with Gasteiger partial charge in [0.25, 0.3) is 0 Å². The number of benzene rings is 1. The van der Waals surface area contributed by atoms with Gasteiger partial charge >= 0.3 is 5.97 Å². The van der Waals surface area contributed by atoms with Crippen LogP contribution in [0.15, 0.2) is 30.3 Å². The number of carbonyl (C=O) groups excluding carboxylic acids is 1. The third-order valence-electron chi connectivity index (χ3n) is 3.62. The summed E-state index contributed by atoms with van der Waals surface area (Å²) < 4.78 is 0. The van der Waals surface area contributed by atoms with Gasteiger partial charge in [-0.25, -0.2) is 4.79 Å². The molecule has 1 aromatic carbocycles. The molecule has 5 nitrogen and oxygen atoms in total. The van der Waals surface area contributed by atoms with Crippen molar-refractivity contribution in [3.63, 3.8) is 0 Å². The van der Waals surface area contributed by atoms with Crippen molar-refractivity contribution < 1.29 is 14.7 Å². The Morgan fingerprint density at radius 1 is 1.23 bits per heavy atom. The number of hydrogen-bond acceptors (Lipinski definition) is 3. The van der Waals surface area contributed by atoms with Crippen molar-refractivity contribution in [3.8, 4) is 0 Å². The molecule has 0 aliphatic heterocycles. The van der Waals surface area contributed by atoms with E-state index in [2.05, 4.69) is 5.32 Å². The van der Waals surface area contributed by atoms with Crippen LogP contribution < -0.4 is 5.32 Å². The topological polar surface area (TPSA) is 69.6 Å². The third kappa shape index (κ3) is 5.15. The third-order valence-corrected chi connectivity index (χ3v) is 3.62. The summed E-state index contributed by atoms with van der Waals surface area (Å²) in [5.41, 5.74) is 0.859. The molecule has 0 radical (unpaired) electrons. The molecule has 0 spiro atoms. The van der Waals surface area contributed by atoms with Gasteiger partial charge in [0, 0.05) is 0 Å². The molecule has 22 heavy (non-hydrogen) atoms. The highest BCUT2D eigenvalue weighted by atomic mass is 16.4. The Morgan fingerprint density at radius 2 is 1.82 bits per heavy atom. The van der Waals surface area contributed by atoms with Crippen molar-refractivity contribution >= 4 is 11.9 Å². The molecule has 0 saturated heterocycles. The van der Waals surface area contributed by atoms with Crippen molar-refractivity contribution in [3.05, 3.63) is 35.9 Å². The molecule has 0 fully saturated rings. The molecule has 1 aromatic rings. The zero-order chi connectivity index (χ0) is 16.7. The van der Waals surface area contributed by atoms with Crippen LogP contribution in [0.4, 0.5) is 0 Å². The van der Waals surface area contributed by atoms with E-state index in [1.54, 1.807) is 0 Å². The van der Waals surface area contributed by atoms with Crippen molar-refractivity contribution in [2.45, 2.75) is 39.3 Å². The SMILES string of the molecule is CCN(C)C(C(=O)N[C@H](CC(C)C)C(=O)O)c1ccccc1. The Kier molecular flexibility index (Phi) is 7.05. The molecule has 2 N–H and O–H groups in total. The summed E-state index contributed by atoms with van der Waals surface area (Å²) >= 11 is 0.